The molecule has 0 aromatic heterocycles. The molecule has 43 heavy (non-hydrogen) atoms. The fraction of sp³-hybridized carbons (Fsp3) is 0.394. The number of nitrogens with zero attached hydrogens (tertiary/aromatic N) is 1. The lowest BCUT2D eigenvalue weighted by molar-refractivity contribution is -0.274. The molecule has 0 aliphatic heterocycles. The molecule has 3 rings (SSSR count). The van der Waals surface area contributed by atoms with Crippen LogP contribution in [-0.4, -0.2) is 54.9 Å². The smallest absolute Gasteiger partial charge is 0.456 e. The van der Waals surface area contributed by atoms with Crippen LogP contribution in [0.3, 0.4) is 0 Å². The van der Waals surface area contributed by atoms with E-state index in [1.807, 2.05) is 44.2 Å². The summed E-state index contributed by atoms with van der Waals surface area (Å²) in [5.74, 6) is -1.16. The zero-order valence-electron chi connectivity index (χ0n) is 24.8. The van der Waals surface area contributed by atoms with Gasteiger partial charge in [0.2, 0.25) is 0 Å². The van der Waals surface area contributed by atoms with E-state index in [9.17, 15) is 22.8 Å². The van der Waals surface area contributed by atoms with Crippen molar-refractivity contribution in [2.24, 2.45) is 5.73 Å². The molecule has 0 saturated heterocycles. The molecule has 0 aliphatic rings. The van der Waals surface area contributed by atoms with Crippen molar-refractivity contribution >= 4 is 11.9 Å². The van der Waals surface area contributed by atoms with Gasteiger partial charge >= 0.3 is 12.3 Å². The maximum absolute atomic E-state index is 13.4. The van der Waals surface area contributed by atoms with E-state index in [1.54, 1.807) is 30.0 Å². The normalized spacial score (nSPS) is 12.8. The van der Waals surface area contributed by atoms with E-state index >= 15 is 0 Å². The number of nitrogens with one attached hydrogen (secondary N) is 1. The molecule has 232 valence electrons. The highest BCUT2D eigenvalue weighted by Gasteiger charge is 2.31. The molecule has 0 radical (unpaired) electrons. The van der Waals surface area contributed by atoms with Gasteiger partial charge in [-0.2, -0.15) is 0 Å². The number of amides is 1. The van der Waals surface area contributed by atoms with Crippen LogP contribution in [0.15, 0.2) is 72.8 Å². The van der Waals surface area contributed by atoms with Gasteiger partial charge in [-0.3, -0.25) is 4.79 Å². The predicted molar refractivity (Wildman–Crippen MR) is 160 cm³/mol. The van der Waals surface area contributed by atoms with Crippen LogP contribution in [0.25, 0.3) is 0 Å². The SMILES string of the molecule is CCCN(CCC)C(=O)c1cc(C)cc(C(=O)OC(CNCc2ccccc2)C(N)Cc2cccc(OC(F)(F)F)c2)c1. The molecule has 7 nitrogen and oxygen atoms in total. The molecule has 2 unspecified atom stereocenters. The summed E-state index contributed by atoms with van der Waals surface area (Å²) in [5.41, 5.74) is 9.37. The van der Waals surface area contributed by atoms with E-state index in [2.05, 4.69) is 10.1 Å². The van der Waals surface area contributed by atoms with Gasteiger partial charge in [0.25, 0.3) is 5.91 Å². The van der Waals surface area contributed by atoms with Gasteiger partial charge in [-0.1, -0.05) is 56.3 Å². The van der Waals surface area contributed by atoms with Crippen LogP contribution in [0.4, 0.5) is 13.2 Å². The van der Waals surface area contributed by atoms with Gasteiger partial charge < -0.3 is 25.4 Å². The molecule has 3 N–H and O–H groups in total. The van der Waals surface area contributed by atoms with Gasteiger partial charge in [-0.25, -0.2) is 4.79 Å². The average molecular weight is 600 g/mol. The Kier molecular flexibility index (Phi) is 12.6. The minimum absolute atomic E-state index is 0.126. The maximum atomic E-state index is 13.4. The Bertz CT molecular complexity index is 1330. The Labute approximate surface area is 251 Å². The van der Waals surface area contributed by atoms with Gasteiger partial charge in [-0.15, -0.1) is 13.2 Å². The first-order valence-electron chi connectivity index (χ1n) is 14.5. The van der Waals surface area contributed by atoms with Crippen LogP contribution in [0.1, 0.15) is 64.1 Å². The highest BCUT2D eigenvalue weighted by molar-refractivity contribution is 5.98. The van der Waals surface area contributed by atoms with Gasteiger partial charge in [0.05, 0.1) is 5.56 Å². The van der Waals surface area contributed by atoms with E-state index < -0.39 is 24.5 Å². The number of aryl methyl sites for hydroxylation is 1. The highest BCUT2D eigenvalue weighted by Crippen LogP contribution is 2.24. The van der Waals surface area contributed by atoms with Crippen LogP contribution in [0, 0.1) is 6.92 Å². The number of carbonyl (C=O) groups excluding carboxylic acids is 2. The Balaban J connectivity index is 1.80. The third-order valence-electron chi connectivity index (χ3n) is 6.69. The topological polar surface area (TPSA) is 93.9 Å². The predicted octanol–water partition coefficient (Wildman–Crippen LogP) is 6.04. The van der Waals surface area contributed by atoms with Crippen molar-refractivity contribution in [1.82, 2.24) is 10.2 Å². The summed E-state index contributed by atoms with van der Waals surface area (Å²) in [4.78, 5) is 28.4. The summed E-state index contributed by atoms with van der Waals surface area (Å²) in [6.07, 6.45) is -3.90. The lowest BCUT2D eigenvalue weighted by atomic mass is 10.0. The molecule has 10 heteroatoms. The minimum Gasteiger partial charge on any atom is -0.456 e. The Morgan fingerprint density at radius 1 is 0.907 bits per heavy atom. The molecule has 0 heterocycles. The molecular weight excluding hydrogens is 559 g/mol. The summed E-state index contributed by atoms with van der Waals surface area (Å²) in [5, 5.41) is 3.26. The first-order valence-corrected chi connectivity index (χ1v) is 14.5. The quantitative estimate of drug-likeness (QED) is 0.207. The third kappa shape index (κ3) is 11.0. The lowest BCUT2D eigenvalue weighted by Gasteiger charge is -2.25. The monoisotopic (exact) mass is 599 g/mol. The van der Waals surface area contributed by atoms with Crippen molar-refractivity contribution < 1.29 is 32.2 Å². The van der Waals surface area contributed by atoms with Gasteiger partial charge in [0, 0.05) is 37.8 Å². The minimum atomic E-state index is -4.82. The number of esters is 1. The van der Waals surface area contributed by atoms with Crippen molar-refractivity contribution in [3.63, 3.8) is 0 Å². The fourth-order valence-electron chi connectivity index (χ4n) is 4.78. The van der Waals surface area contributed by atoms with E-state index in [0.29, 0.717) is 30.8 Å². The van der Waals surface area contributed by atoms with E-state index in [1.165, 1.54) is 24.3 Å². The standard InChI is InChI=1S/C33H40F3N3O4/c1-4-14-39(15-5-2)31(40)26-16-23(3)17-27(20-26)32(41)42-30(22-38-21-24-10-7-6-8-11-24)29(37)19-25-12-9-13-28(18-25)43-33(34,35)36/h6-13,16-18,20,29-30,38H,4-5,14-15,19,21-22,37H2,1-3H3. The van der Waals surface area contributed by atoms with Crippen molar-refractivity contribution in [1.29, 1.82) is 0 Å². The first-order chi connectivity index (χ1) is 20.5. The second-order valence-corrected chi connectivity index (χ2v) is 10.5. The number of hydrogen-bond acceptors (Lipinski definition) is 6. The summed E-state index contributed by atoms with van der Waals surface area (Å²) >= 11 is 0. The number of carbonyl (C=O) groups is 2. The summed E-state index contributed by atoms with van der Waals surface area (Å²) in [7, 11) is 0. The summed E-state index contributed by atoms with van der Waals surface area (Å²) in [6.45, 7) is 7.72. The highest BCUT2D eigenvalue weighted by atomic mass is 19.4. The van der Waals surface area contributed by atoms with E-state index in [-0.39, 0.29) is 30.2 Å². The summed E-state index contributed by atoms with van der Waals surface area (Å²) in [6, 6.07) is 19.4. The second-order valence-electron chi connectivity index (χ2n) is 10.5. The molecule has 0 fully saturated rings. The Morgan fingerprint density at radius 2 is 1.56 bits per heavy atom. The fourth-order valence-corrected chi connectivity index (χ4v) is 4.78. The van der Waals surface area contributed by atoms with E-state index in [4.69, 9.17) is 10.5 Å². The molecule has 3 aromatic carbocycles. The van der Waals surface area contributed by atoms with Gasteiger partial charge in [-0.05, 0) is 73.2 Å². The van der Waals surface area contributed by atoms with Crippen LogP contribution < -0.4 is 15.8 Å². The zero-order valence-corrected chi connectivity index (χ0v) is 24.8. The first kappa shape index (κ1) is 33.6. The molecule has 0 saturated carbocycles. The molecule has 0 bridgehead atoms. The molecule has 0 aliphatic carbocycles. The average Bonchev–Trinajstić information content (AvgIpc) is 2.95. The van der Waals surface area contributed by atoms with Crippen molar-refractivity contribution in [2.45, 2.75) is 65.1 Å². The maximum Gasteiger partial charge on any atom is 0.573 e. The van der Waals surface area contributed by atoms with Crippen LogP contribution in [0.2, 0.25) is 0 Å². The lowest BCUT2D eigenvalue weighted by Crippen LogP contribution is -2.46. The number of alkyl halides is 3. The van der Waals surface area contributed by atoms with Crippen molar-refractivity contribution in [3.05, 3.63) is 101 Å². The molecule has 1 amide bonds. The number of halogens is 3. The number of ether oxygens (including phenoxy) is 2. The molecular formula is C33H40F3N3O4. The Morgan fingerprint density at radius 3 is 2.21 bits per heavy atom. The molecule has 0 spiro atoms. The van der Waals surface area contributed by atoms with Gasteiger partial charge in [0.1, 0.15) is 11.9 Å². The van der Waals surface area contributed by atoms with Gasteiger partial charge in [0.15, 0.2) is 0 Å². The molecule has 3 aromatic rings. The number of hydrogen-bond donors (Lipinski definition) is 2. The second kappa shape index (κ2) is 16.1. The largest absolute Gasteiger partial charge is 0.573 e. The third-order valence-corrected chi connectivity index (χ3v) is 6.69. The Hall–Kier alpha value is -3.89. The zero-order chi connectivity index (χ0) is 31.4. The van der Waals surface area contributed by atoms with E-state index in [0.717, 1.165) is 24.0 Å². The van der Waals surface area contributed by atoms with Crippen LogP contribution in [0.5, 0.6) is 5.75 Å². The molecule has 2 atom stereocenters. The number of nitrogens with two attached hydrogens (primary N) is 1. The number of rotatable bonds is 15. The van der Waals surface area contributed by atoms with Crippen LogP contribution >= 0.6 is 0 Å². The van der Waals surface area contributed by atoms with Crippen molar-refractivity contribution in [2.75, 3.05) is 19.6 Å². The summed E-state index contributed by atoms with van der Waals surface area (Å²) < 4.78 is 48.2. The van der Waals surface area contributed by atoms with Crippen LogP contribution in [-0.2, 0) is 17.7 Å². The van der Waals surface area contributed by atoms with Crippen molar-refractivity contribution in [3.8, 4) is 5.75 Å². The number of benzene rings is 3.